The zero-order valence-corrected chi connectivity index (χ0v) is 11.5. The molecule has 0 saturated heterocycles. The second-order valence-corrected chi connectivity index (χ2v) is 4.48. The lowest BCUT2D eigenvalue weighted by Crippen LogP contribution is -2.01. The Balaban J connectivity index is 2.31. The normalized spacial score (nSPS) is 10.9. The molecule has 102 valence electrons. The Morgan fingerprint density at radius 1 is 1.25 bits per heavy atom. The predicted octanol–water partition coefficient (Wildman–Crippen LogP) is 1.32. The third-order valence-corrected chi connectivity index (χ3v) is 3.00. The van der Waals surface area contributed by atoms with Gasteiger partial charge in [-0.05, 0) is 13.0 Å². The standard InChI is InChI=1S/C13H14N6O/c1-7-16-11(14)10-4-9(8-5-15-19(2)6-8)13(20-3)18-12(10)17-7/h4-6H,1-3H3,(H2,14,16,17,18). The van der Waals surface area contributed by atoms with E-state index in [0.717, 1.165) is 11.1 Å². The molecular weight excluding hydrogens is 256 g/mol. The van der Waals surface area contributed by atoms with Crippen molar-refractivity contribution in [2.75, 3.05) is 12.8 Å². The van der Waals surface area contributed by atoms with E-state index in [1.54, 1.807) is 24.9 Å². The number of nitrogens with zero attached hydrogens (tertiary/aromatic N) is 5. The summed E-state index contributed by atoms with van der Waals surface area (Å²) in [4.78, 5) is 12.9. The number of anilines is 1. The minimum Gasteiger partial charge on any atom is -0.480 e. The minimum atomic E-state index is 0.410. The number of hydrogen-bond donors (Lipinski definition) is 1. The molecule has 7 heteroatoms. The van der Waals surface area contributed by atoms with Gasteiger partial charge >= 0.3 is 0 Å². The Morgan fingerprint density at radius 2 is 2.05 bits per heavy atom. The maximum atomic E-state index is 5.95. The number of nitrogen functional groups attached to an aromatic ring is 1. The highest BCUT2D eigenvalue weighted by Crippen LogP contribution is 2.32. The second-order valence-electron chi connectivity index (χ2n) is 4.48. The van der Waals surface area contributed by atoms with Gasteiger partial charge < -0.3 is 10.5 Å². The summed E-state index contributed by atoms with van der Waals surface area (Å²) in [6.07, 6.45) is 3.63. The molecule has 0 spiro atoms. The average Bonchev–Trinajstić information content (AvgIpc) is 2.83. The van der Waals surface area contributed by atoms with Gasteiger partial charge in [0, 0.05) is 24.4 Å². The monoisotopic (exact) mass is 270 g/mol. The molecule has 7 nitrogen and oxygen atoms in total. The molecule has 0 bridgehead atoms. The van der Waals surface area contributed by atoms with Crippen LogP contribution in [0.5, 0.6) is 5.88 Å². The van der Waals surface area contributed by atoms with Crippen LogP contribution < -0.4 is 10.5 Å². The maximum Gasteiger partial charge on any atom is 0.223 e. The molecule has 3 rings (SSSR count). The van der Waals surface area contributed by atoms with Crippen molar-refractivity contribution >= 4 is 16.9 Å². The van der Waals surface area contributed by atoms with Crippen LogP contribution in [0.1, 0.15) is 5.82 Å². The highest BCUT2D eigenvalue weighted by Gasteiger charge is 2.14. The van der Waals surface area contributed by atoms with Crippen LogP contribution in [0.25, 0.3) is 22.2 Å². The summed E-state index contributed by atoms with van der Waals surface area (Å²) < 4.78 is 7.06. The van der Waals surface area contributed by atoms with E-state index in [0.29, 0.717) is 28.6 Å². The highest BCUT2D eigenvalue weighted by molar-refractivity contribution is 5.90. The van der Waals surface area contributed by atoms with E-state index in [2.05, 4.69) is 20.1 Å². The number of nitrogens with two attached hydrogens (primary N) is 1. The van der Waals surface area contributed by atoms with Gasteiger partial charge in [-0.3, -0.25) is 4.68 Å². The van der Waals surface area contributed by atoms with Crippen LogP contribution in [0.3, 0.4) is 0 Å². The van der Waals surface area contributed by atoms with Gasteiger partial charge in [0.15, 0.2) is 5.65 Å². The number of methoxy groups -OCH3 is 1. The lowest BCUT2D eigenvalue weighted by Gasteiger charge is -2.09. The molecule has 3 heterocycles. The minimum absolute atomic E-state index is 0.410. The summed E-state index contributed by atoms with van der Waals surface area (Å²) in [6.45, 7) is 1.78. The average molecular weight is 270 g/mol. The first kappa shape index (κ1) is 12.3. The smallest absolute Gasteiger partial charge is 0.223 e. The van der Waals surface area contributed by atoms with Gasteiger partial charge in [-0.2, -0.15) is 10.1 Å². The van der Waals surface area contributed by atoms with Gasteiger partial charge in [-0.1, -0.05) is 0 Å². The number of aryl methyl sites for hydroxylation is 2. The van der Waals surface area contributed by atoms with Crippen molar-refractivity contribution in [3.05, 3.63) is 24.3 Å². The number of hydrogen-bond acceptors (Lipinski definition) is 6. The quantitative estimate of drug-likeness (QED) is 0.755. The van der Waals surface area contributed by atoms with E-state index in [-0.39, 0.29) is 0 Å². The van der Waals surface area contributed by atoms with Gasteiger partial charge in [0.1, 0.15) is 11.6 Å². The molecule has 3 aromatic heterocycles. The summed E-state index contributed by atoms with van der Waals surface area (Å²) in [5.74, 6) is 1.48. The van der Waals surface area contributed by atoms with Crippen molar-refractivity contribution in [2.45, 2.75) is 6.92 Å². The number of fused-ring (bicyclic) bond motifs is 1. The van der Waals surface area contributed by atoms with Crippen molar-refractivity contribution in [3.63, 3.8) is 0 Å². The molecular formula is C13H14N6O. The van der Waals surface area contributed by atoms with Crippen molar-refractivity contribution in [2.24, 2.45) is 7.05 Å². The molecule has 0 saturated carbocycles. The van der Waals surface area contributed by atoms with Crippen LogP contribution in [-0.2, 0) is 7.05 Å². The van der Waals surface area contributed by atoms with E-state index >= 15 is 0 Å². The van der Waals surface area contributed by atoms with E-state index in [9.17, 15) is 0 Å². The van der Waals surface area contributed by atoms with Crippen LogP contribution in [0.15, 0.2) is 18.5 Å². The summed E-state index contributed by atoms with van der Waals surface area (Å²) in [7, 11) is 3.43. The van der Waals surface area contributed by atoms with Crippen molar-refractivity contribution in [1.82, 2.24) is 24.7 Å². The summed E-state index contributed by atoms with van der Waals surface area (Å²) in [5.41, 5.74) is 8.19. The molecule has 0 unspecified atom stereocenters. The van der Waals surface area contributed by atoms with E-state index in [4.69, 9.17) is 10.5 Å². The number of aromatic nitrogens is 5. The molecule has 0 aliphatic carbocycles. The first-order valence-electron chi connectivity index (χ1n) is 6.06. The van der Waals surface area contributed by atoms with Crippen LogP contribution in [0.4, 0.5) is 5.82 Å². The van der Waals surface area contributed by atoms with Crippen molar-refractivity contribution < 1.29 is 4.74 Å². The van der Waals surface area contributed by atoms with E-state index in [1.165, 1.54) is 0 Å². The zero-order chi connectivity index (χ0) is 14.3. The van der Waals surface area contributed by atoms with Gasteiger partial charge in [-0.15, -0.1) is 0 Å². The fourth-order valence-electron chi connectivity index (χ4n) is 2.10. The van der Waals surface area contributed by atoms with Crippen molar-refractivity contribution in [1.29, 1.82) is 0 Å². The molecule has 0 aromatic carbocycles. The van der Waals surface area contributed by atoms with Crippen LogP contribution in [0.2, 0.25) is 0 Å². The molecule has 0 atom stereocenters. The first-order chi connectivity index (χ1) is 9.58. The Bertz CT molecular complexity index is 795. The number of ether oxygens (including phenoxy) is 1. The highest BCUT2D eigenvalue weighted by atomic mass is 16.5. The topological polar surface area (TPSA) is 91.7 Å². The number of rotatable bonds is 2. The Kier molecular flexibility index (Phi) is 2.74. The van der Waals surface area contributed by atoms with E-state index in [1.807, 2.05) is 19.3 Å². The van der Waals surface area contributed by atoms with Gasteiger partial charge in [0.2, 0.25) is 5.88 Å². The lowest BCUT2D eigenvalue weighted by atomic mass is 10.1. The molecule has 2 N–H and O–H groups in total. The fraction of sp³-hybridized carbons (Fsp3) is 0.231. The number of pyridine rings is 1. The molecule has 0 fully saturated rings. The Labute approximate surface area is 115 Å². The predicted molar refractivity (Wildman–Crippen MR) is 75.2 cm³/mol. The third-order valence-electron chi connectivity index (χ3n) is 3.00. The summed E-state index contributed by atoms with van der Waals surface area (Å²) in [6, 6.07) is 1.88. The molecule has 20 heavy (non-hydrogen) atoms. The Morgan fingerprint density at radius 3 is 2.70 bits per heavy atom. The van der Waals surface area contributed by atoms with Gasteiger partial charge in [0.05, 0.1) is 18.7 Å². The van der Waals surface area contributed by atoms with Gasteiger partial charge in [0.25, 0.3) is 0 Å². The molecule has 0 aliphatic rings. The lowest BCUT2D eigenvalue weighted by molar-refractivity contribution is 0.401. The first-order valence-corrected chi connectivity index (χ1v) is 6.06. The molecule has 0 aliphatic heterocycles. The SMILES string of the molecule is COc1nc2nc(C)nc(N)c2cc1-c1cnn(C)c1. The largest absolute Gasteiger partial charge is 0.480 e. The fourth-order valence-corrected chi connectivity index (χ4v) is 2.10. The van der Waals surface area contributed by atoms with E-state index < -0.39 is 0 Å². The van der Waals surface area contributed by atoms with Gasteiger partial charge in [-0.25, -0.2) is 9.97 Å². The van der Waals surface area contributed by atoms with Crippen LogP contribution in [0, 0.1) is 6.92 Å². The second kappa shape index (κ2) is 4.44. The maximum absolute atomic E-state index is 5.95. The summed E-state index contributed by atoms with van der Waals surface area (Å²) in [5, 5.41) is 4.86. The third kappa shape index (κ3) is 1.93. The molecule has 0 radical (unpaired) electrons. The molecule has 3 aromatic rings. The van der Waals surface area contributed by atoms with Crippen LogP contribution >= 0.6 is 0 Å². The Hall–Kier alpha value is -2.70. The zero-order valence-electron chi connectivity index (χ0n) is 11.5. The van der Waals surface area contributed by atoms with Crippen LogP contribution in [-0.4, -0.2) is 31.8 Å². The summed E-state index contributed by atoms with van der Waals surface area (Å²) >= 11 is 0. The molecule has 0 amide bonds. The van der Waals surface area contributed by atoms with Crippen molar-refractivity contribution in [3.8, 4) is 17.0 Å².